The number of benzene rings is 1. The number of nitrogens with one attached hydrogen (secondary N) is 1. The Balaban J connectivity index is 1.65. The Hall–Kier alpha value is -3.63. The molecule has 0 saturated carbocycles. The molecule has 4 heterocycles. The van der Waals surface area contributed by atoms with Crippen LogP contribution < -0.4 is 16.6 Å². The minimum absolute atomic E-state index is 0.140. The third kappa shape index (κ3) is 3.57. The van der Waals surface area contributed by atoms with Crippen molar-refractivity contribution >= 4 is 22.8 Å². The van der Waals surface area contributed by atoms with Crippen molar-refractivity contribution in [3.05, 3.63) is 61.7 Å². The third-order valence-corrected chi connectivity index (χ3v) is 8.30. The lowest BCUT2D eigenvalue weighted by atomic mass is 9.81. The number of carbonyl (C=O) groups is 2. The Labute approximate surface area is 224 Å². The lowest BCUT2D eigenvalue weighted by molar-refractivity contribution is -0.187. The molecule has 3 aliphatic rings. The maximum atomic E-state index is 15.0. The van der Waals surface area contributed by atoms with Crippen molar-refractivity contribution in [2.24, 2.45) is 5.73 Å². The molecule has 2 aromatic heterocycles. The van der Waals surface area contributed by atoms with E-state index in [-0.39, 0.29) is 55.5 Å². The van der Waals surface area contributed by atoms with Crippen LogP contribution in [0.25, 0.3) is 22.3 Å². The second-order valence-corrected chi connectivity index (χ2v) is 10.8. The fraction of sp³-hybridized carbons (Fsp3) is 0.448. The molecular weight excluding hydrogens is 503 g/mol. The number of carbonyl (C=O) groups excluding carboxylic acids is 2. The first kappa shape index (κ1) is 25.6. The summed E-state index contributed by atoms with van der Waals surface area (Å²) in [7, 11) is 0. The second kappa shape index (κ2) is 8.96. The molecule has 0 fully saturated rings. The number of nitrogens with two attached hydrogens (primary N) is 1. The van der Waals surface area contributed by atoms with Gasteiger partial charge in [0.15, 0.2) is 5.60 Å². The number of fused-ring (bicyclic) bond motifs is 5. The van der Waals surface area contributed by atoms with Gasteiger partial charge in [0.05, 0.1) is 47.7 Å². The zero-order chi connectivity index (χ0) is 27.8. The summed E-state index contributed by atoms with van der Waals surface area (Å²) in [6, 6.07) is 2.86. The molecule has 2 unspecified atom stereocenters. The van der Waals surface area contributed by atoms with Gasteiger partial charge in [0.25, 0.3) is 5.56 Å². The SMILES string of the molecule is CCC1(OC(C)C)C(=O)OCc2c1cc1n(c2=O)Cc2c-1nc1cc(F)c(C)c3c1c2C(NC(=O)CN)CC3. The molecule has 10 heteroatoms. The standard InChI is InChI=1S/C29H31FN4O5/c1-5-29(39-13(2)3)18-8-22-26-16(11-34(22)27(36)17(18)12-38-28(29)37)25-20(32-23(35)10-31)7-6-15-14(4)19(30)9-21(33-26)24(15)25/h8-9,13,20H,5-7,10-12,31H2,1-4H3,(H,32,35). The Morgan fingerprint density at radius 3 is 2.77 bits per heavy atom. The summed E-state index contributed by atoms with van der Waals surface area (Å²) in [5.74, 6) is -1.17. The third-order valence-electron chi connectivity index (χ3n) is 8.30. The summed E-state index contributed by atoms with van der Waals surface area (Å²) in [6.07, 6.45) is 1.13. The van der Waals surface area contributed by atoms with E-state index < -0.39 is 11.6 Å². The van der Waals surface area contributed by atoms with Crippen LogP contribution in [-0.4, -0.2) is 34.1 Å². The Morgan fingerprint density at radius 1 is 1.31 bits per heavy atom. The van der Waals surface area contributed by atoms with E-state index in [9.17, 15) is 14.4 Å². The van der Waals surface area contributed by atoms with Crippen molar-refractivity contribution < 1.29 is 23.5 Å². The van der Waals surface area contributed by atoms with E-state index in [0.29, 0.717) is 46.4 Å². The van der Waals surface area contributed by atoms with Crippen LogP contribution in [0.1, 0.15) is 73.0 Å². The summed E-state index contributed by atoms with van der Waals surface area (Å²) in [5.41, 5.74) is 9.37. The number of nitrogens with zero attached hydrogens (tertiary/aromatic N) is 2. The second-order valence-electron chi connectivity index (χ2n) is 10.8. The zero-order valence-electron chi connectivity index (χ0n) is 22.4. The molecule has 3 N–H and O–H groups in total. The molecule has 1 aromatic carbocycles. The average Bonchev–Trinajstić information content (AvgIpc) is 3.28. The predicted octanol–water partition coefficient (Wildman–Crippen LogP) is 3.02. The van der Waals surface area contributed by atoms with Gasteiger partial charge in [-0.25, -0.2) is 14.2 Å². The summed E-state index contributed by atoms with van der Waals surface area (Å²) in [4.78, 5) is 44.3. The van der Waals surface area contributed by atoms with Crippen molar-refractivity contribution in [3.63, 3.8) is 0 Å². The molecule has 0 radical (unpaired) electrons. The Morgan fingerprint density at radius 2 is 2.08 bits per heavy atom. The molecule has 0 saturated heterocycles. The van der Waals surface area contributed by atoms with Crippen molar-refractivity contribution in [1.82, 2.24) is 14.9 Å². The number of ether oxygens (including phenoxy) is 2. The van der Waals surface area contributed by atoms with Crippen molar-refractivity contribution in [3.8, 4) is 11.4 Å². The van der Waals surface area contributed by atoms with Gasteiger partial charge in [-0.2, -0.15) is 0 Å². The van der Waals surface area contributed by atoms with Crippen LogP contribution in [-0.2, 0) is 44.2 Å². The molecule has 2 aliphatic heterocycles. The maximum absolute atomic E-state index is 15.0. The van der Waals surface area contributed by atoms with E-state index in [0.717, 1.165) is 22.1 Å². The molecular formula is C29H31FN4O5. The first-order valence-corrected chi connectivity index (χ1v) is 13.4. The van der Waals surface area contributed by atoms with E-state index in [4.69, 9.17) is 20.2 Å². The number of amides is 1. The highest BCUT2D eigenvalue weighted by Crippen LogP contribution is 2.46. The summed E-state index contributed by atoms with van der Waals surface area (Å²) >= 11 is 0. The molecule has 9 nitrogen and oxygen atoms in total. The number of pyridine rings is 2. The van der Waals surface area contributed by atoms with Gasteiger partial charge < -0.3 is 25.1 Å². The summed E-state index contributed by atoms with van der Waals surface area (Å²) < 4.78 is 28.3. The Bertz CT molecular complexity index is 1650. The van der Waals surface area contributed by atoms with E-state index in [2.05, 4.69) is 5.32 Å². The molecule has 39 heavy (non-hydrogen) atoms. The van der Waals surface area contributed by atoms with Gasteiger partial charge in [0.1, 0.15) is 12.4 Å². The molecule has 6 rings (SSSR count). The van der Waals surface area contributed by atoms with Crippen molar-refractivity contribution in [2.75, 3.05) is 6.54 Å². The highest BCUT2D eigenvalue weighted by molar-refractivity contribution is 5.94. The highest BCUT2D eigenvalue weighted by atomic mass is 19.1. The van der Waals surface area contributed by atoms with Crippen LogP contribution in [0.2, 0.25) is 0 Å². The van der Waals surface area contributed by atoms with Gasteiger partial charge in [-0.05, 0) is 62.8 Å². The van der Waals surface area contributed by atoms with E-state index in [1.54, 1.807) is 11.5 Å². The molecule has 1 aliphatic carbocycles. The molecule has 0 bridgehead atoms. The fourth-order valence-electron chi connectivity index (χ4n) is 6.54. The summed E-state index contributed by atoms with van der Waals surface area (Å²) in [6.45, 7) is 7.18. The minimum Gasteiger partial charge on any atom is -0.458 e. The number of hydrogen-bond acceptors (Lipinski definition) is 7. The average molecular weight is 535 g/mol. The van der Waals surface area contributed by atoms with Crippen LogP contribution >= 0.6 is 0 Å². The van der Waals surface area contributed by atoms with Crippen molar-refractivity contribution in [1.29, 1.82) is 0 Å². The van der Waals surface area contributed by atoms with Gasteiger partial charge in [-0.3, -0.25) is 9.59 Å². The highest BCUT2D eigenvalue weighted by Gasteiger charge is 2.49. The lowest BCUT2D eigenvalue weighted by Gasteiger charge is -2.37. The van der Waals surface area contributed by atoms with Crippen LogP contribution in [0.4, 0.5) is 4.39 Å². The molecule has 204 valence electrons. The largest absolute Gasteiger partial charge is 0.458 e. The number of hydrogen-bond donors (Lipinski definition) is 2. The van der Waals surface area contributed by atoms with Crippen molar-refractivity contribution in [2.45, 2.75) is 77.9 Å². The zero-order valence-corrected chi connectivity index (χ0v) is 22.4. The normalized spacial score (nSPS) is 21.0. The number of aromatic nitrogens is 2. The number of halogens is 1. The smallest absolute Gasteiger partial charge is 0.343 e. The van der Waals surface area contributed by atoms with Gasteiger partial charge in [0, 0.05) is 22.6 Å². The van der Waals surface area contributed by atoms with Gasteiger partial charge in [-0.15, -0.1) is 0 Å². The van der Waals surface area contributed by atoms with Crippen LogP contribution in [0.15, 0.2) is 16.9 Å². The predicted molar refractivity (Wildman–Crippen MR) is 141 cm³/mol. The maximum Gasteiger partial charge on any atom is 0.343 e. The number of cyclic esters (lactones) is 1. The number of rotatable bonds is 5. The monoisotopic (exact) mass is 534 g/mol. The number of aryl methyl sites for hydroxylation is 1. The molecule has 2 atom stereocenters. The summed E-state index contributed by atoms with van der Waals surface area (Å²) in [5, 5.41) is 3.84. The number of esters is 1. The molecule has 3 aromatic rings. The van der Waals surface area contributed by atoms with E-state index in [1.165, 1.54) is 6.07 Å². The van der Waals surface area contributed by atoms with E-state index >= 15 is 4.39 Å². The van der Waals surface area contributed by atoms with E-state index in [1.807, 2.05) is 26.8 Å². The fourth-order valence-corrected chi connectivity index (χ4v) is 6.54. The van der Waals surface area contributed by atoms with Crippen LogP contribution in [0, 0.1) is 12.7 Å². The quantitative estimate of drug-likeness (QED) is 0.377. The first-order valence-electron chi connectivity index (χ1n) is 13.4. The van der Waals surface area contributed by atoms with Crippen LogP contribution in [0.5, 0.6) is 0 Å². The van der Waals surface area contributed by atoms with Gasteiger partial charge in [0.2, 0.25) is 5.91 Å². The lowest BCUT2D eigenvalue weighted by Crippen LogP contribution is -2.47. The molecule has 1 amide bonds. The first-order chi connectivity index (χ1) is 18.6. The van der Waals surface area contributed by atoms with Crippen LogP contribution in [0.3, 0.4) is 0 Å². The minimum atomic E-state index is -1.42. The van der Waals surface area contributed by atoms with Gasteiger partial charge >= 0.3 is 5.97 Å². The Kier molecular flexibility index (Phi) is 5.89. The topological polar surface area (TPSA) is 126 Å². The van der Waals surface area contributed by atoms with Gasteiger partial charge in [-0.1, -0.05) is 6.92 Å². The molecule has 0 spiro atoms.